The number of nitrogens with two attached hydrogens (primary N) is 1. The van der Waals surface area contributed by atoms with Gasteiger partial charge in [0, 0.05) is 17.5 Å². The predicted molar refractivity (Wildman–Crippen MR) is 100 cm³/mol. The number of nitrogens with one attached hydrogen (secondary N) is 1. The molecular weight excluding hydrogens is 358 g/mol. The lowest BCUT2D eigenvalue weighted by Crippen LogP contribution is -2.23. The van der Waals surface area contributed by atoms with Crippen LogP contribution in [-0.4, -0.2) is 16.1 Å². The maximum Gasteiger partial charge on any atom is 0.263 e. The zero-order chi connectivity index (χ0) is 19.4. The second kappa shape index (κ2) is 8.18. The van der Waals surface area contributed by atoms with E-state index in [1.807, 2.05) is 27.7 Å². The Balaban J connectivity index is 0.00000117. The summed E-state index contributed by atoms with van der Waals surface area (Å²) in [4.78, 5) is 13.2. The average Bonchev–Trinajstić information content (AvgIpc) is 2.98. The Bertz CT molecular complexity index is 956. The van der Waals surface area contributed by atoms with Gasteiger partial charge in [0.1, 0.15) is 9.71 Å². The summed E-state index contributed by atoms with van der Waals surface area (Å²) in [6.45, 7) is 7.53. The number of carbonyl (C=O) groups is 1. The normalized spacial score (nSPS) is 10.4. The predicted octanol–water partition coefficient (Wildman–Crippen LogP) is 4.12. The molecule has 2 aromatic heterocycles. The minimum atomic E-state index is -0.973. The molecule has 0 fully saturated rings. The molecule has 3 aromatic rings. The van der Waals surface area contributed by atoms with Crippen LogP contribution < -0.4 is 11.1 Å². The Labute approximate surface area is 154 Å². The first-order valence-corrected chi connectivity index (χ1v) is 8.94. The molecule has 0 saturated carbocycles. The molecule has 0 aliphatic heterocycles. The highest BCUT2D eigenvalue weighted by Gasteiger charge is 2.20. The number of halogens is 2. The van der Waals surface area contributed by atoms with Crippen LogP contribution in [0.15, 0.2) is 18.2 Å². The fraction of sp³-hybridized carbons (Fsp3) is 0.278. The van der Waals surface area contributed by atoms with Gasteiger partial charge in [-0.2, -0.15) is 5.10 Å². The Kier molecular flexibility index (Phi) is 6.20. The first kappa shape index (κ1) is 19.7. The third-order valence-corrected chi connectivity index (χ3v) is 4.90. The van der Waals surface area contributed by atoms with E-state index in [9.17, 15) is 13.6 Å². The second-order valence-corrected chi connectivity index (χ2v) is 6.33. The second-order valence-electron chi connectivity index (χ2n) is 5.33. The largest absolute Gasteiger partial charge is 0.397 e. The molecule has 0 spiro atoms. The molecule has 0 unspecified atom stereocenters. The molecule has 0 radical (unpaired) electrons. The molecule has 2 heterocycles. The molecule has 8 heteroatoms. The zero-order valence-electron chi connectivity index (χ0n) is 15.0. The van der Waals surface area contributed by atoms with Crippen LogP contribution in [0.4, 0.5) is 14.5 Å². The van der Waals surface area contributed by atoms with Gasteiger partial charge in [-0.25, -0.2) is 8.78 Å². The summed E-state index contributed by atoms with van der Waals surface area (Å²) in [7, 11) is 0. The standard InChI is InChI=1S/C16H14F2N4OS.C2H6/c1-7-8(2)21-22-16-11(7)13(19)14(24-16)15(23)20-6-9-4-3-5-10(17)12(9)18;1-2/h3-5H,6,19H2,1-2H3,(H,20,23);1-2H3. The van der Waals surface area contributed by atoms with E-state index in [2.05, 4.69) is 15.5 Å². The van der Waals surface area contributed by atoms with E-state index in [4.69, 9.17) is 5.73 Å². The molecule has 5 nitrogen and oxygen atoms in total. The van der Waals surface area contributed by atoms with Crippen molar-refractivity contribution in [3.8, 4) is 0 Å². The topological polar surface area (TPSA) is 80.9 Å². The van der Waals surface area contributed by atoms with E-state index >= 15 is 0 Å². The maximum atomic E-state index is 13.6. The monoisotopic (exact) mass is 378 g/mol. The lowest BCUT2D eigenvalue weighted by Gasteiger charge is -2.06. The fourth-order valence-electron chi connectivity index (χ4n) is 2.35. The highest BCUT2D eigenvalue weighted by molar-refractivity contribution is 7.21. The number of thiophene rings is 1. The van der Waals surface area contributed by atoms with Crippen LogP contribution in [-0.2, 0) is 6.54 Å². The maximum absolute atomic E-state index is 13.6. The van der Waals surface area contributed by atoms with Crippen LogP contribution in [0.3, 0.4) is 0 Å². The summed E-state index contributed by atoms with van der Waals surface area (Å²) >= 11 is 1.12. The Morgan fingerprint density at radius 2 is 1.92 bits per heavy atom. The van der Waals surface area contributed by atoms with E-state index in [0.29, 0.717) is 15.9 Å². The highest BCUT2D eigenvalue weighted by atomic mass is 32.1. The molecule has 0 aliphatic carbocycles. The number of rotatable bonds is 3. The number of aryl methyl sites for hydroxylation is 2. The van der Waals surface area contributed by atoms with Crippen molar-refractivity contribution in [2.75, 3.05) is 5.73 Å². The van der Waals surface area contributed by atoms with Crippen molar-refractivity contribution in [3.05, 3.63) is 51.5 Å². The van der Waals surface area contributed by atoms with Crippen molar-refractivity contribution in [1.29, 1.82) is 0 Å². The van der Waals surface area contributed by atoms with E-state index in [-0.39, 0.29) is 17.0 Å². The zero-order valence-corrected chi connectivity index (χ0v) is 15.8. The van der Waals surface area contributed by atoms with E-state index in [1.54, 1.807) is 0 Å². The molecule has 0 bridgehead atoms. The number of anilines is 1. The molecule has 1 aromatic carbocycles. The number of amides is 1. The lowest BCUT2D eigenvalue weighted by atomic mass is 10.1. The van der Waals surface area contributed by atoms with Gasteiger partial charge in [0.05, 0.1) is 11.4 Å². The Morgan fingerprint density at radius 1 is 1.23 bits per heavy atom. The Hall–Kier alpha value is -2.61. The van der Waals surface area contributed by atoms with Crippen molar-refractivity contribution >= 4 is 33.1 Å². The number of fused-ring (bicyclic) bond motifs is 1. The summed E-state index contributed by atoms with van der Waals surface area (Å²) in [6, 6.07) is 3.82. The van der Waals surface area contributed by atoms with Crippen molar-refractivity contribution in [3.63, 3.8) is 0 Å². The minimum Gasteiger partial charge on any atom is -0.397 e. The van der Waals surface area contributed by atoms with Gasteiger partial charge in [0.15, 0.2) is 11.6 Å². The van der Waals surface area contributed by atoms with E-state index < -0.39 is 17.5 Å². The minimum absolute atomic E-state index is 0.0647. The number of nitrogen functional groups attached to an aromatic ring is 1. The molecule has 3 rings (SSSR count). The van der Waals surface area contributed by atoms with Gasteiger partial charge in [0.2, 0.25) is 0 Å². The molecule has 3 N–H and O–H groups in total. The molecule has 138 valence electrons. The molecule has 1 amide bonds. The number of carbonyl (C=O) groups excluding carboxylic acids is 1. The summed E-state index contributed by atoms with van der Waals surface area (Å²) in [5.74, 6) is -2.39. The quantitative estimate of drug-likeness (QED) is 0.718. The third kappa shape index (κ3) is 3.65. The first-order valence-electron chi connectivity index (χ1n) is 8.13. The number of hydrogen-bond acceptors (Lipinski definition) is 5. The summed E-state index contributed by atoms with van der Waals surface area (Å²) in [5, 5.41) is 11.3. The van der Waals surface area contributed by atoms with Gasteiger partial charge in [-0.1, -0.05) is 26.0 Å². The first-order chi connectivity index (χ1) is 12.4. The molecular formula is C18H20F2N4OS. The lowest BCUT2D eigenvalue weighted by molar-refractivity contribution is 0.0955. The van der Waals surface area contributed by atoms with Crippen LogP contribution in [0, 0.1) is 25.5 Å². The fourth-order valence-corrected chi connectivity index (χ4v) is 3.37. The summed E-state index contributed by atoms with van der Waals surface area (Å²) in [6.07, 6.45) is 0. The van der Waals surface area contributed by atoms with Crippen molar-refractivity contribution in [1.82, 2.24) is 15.5 Å². The van der Waals surface area contributed by atoms with Crippen LogP contribution >= 0.6 is 11.3 Å². The molecule has 0 aliphatic rings. The number of hydrogen-bond donors (Lipinski definition) is 2. The van der Waals surface area contributed by atoms with Crippen molar-refractivity contribution in [2.24, 2.45) is 0 Å². The van der Waals surface area contributed by atoms with Crippen LogP contribution in [0.25, 0.3) is 10.2 Å². The van der Waals surface area contributed by atoms with E-state index in [0.717, 1.165) is 28.7 Å². The number of nitrogens with zero attached hydrogens (tertiary/aromatic N) is 2. The number of benzene rings is 1. The van der Waals surface area contributed by atoms with Crippen LogP contribution in [0.1, 0.15) is 40.3 Å². The highest BCUT2D eigenvalue weighted by Crippen LogP contribution is 2.34. The van der Waals surface area contributed by atoms with Gasteiger partial charge in [-0.3, -0.25) is 4.79 Å². The number of aromatic nitrogens is 2. The van der Waals surface area contributed by atoms with Gasteiger partial charge in [-0.15, -0.1) is 16.4 Å². The van der Waals surface area contributed by atoms with Gasteiger partial charge >= 0.3 is 0 Å². The van der Waals surface area contributed by atoms with Crippen LogP contribution in [0.5, 0.6) is 0 Å². The van der Waals surface area contributed by atoms with Crippen molar-refractivity contribution < 1.29 is 13.6 Å². The molecule has 0 atom stereocenters. The average molecular weight is 378 g/mol. The van der Waals surface area contributed by atoms with Gasteiger partial charge in [0.25, 0.3) is 5.91 Å². The van der Waals surface area contributed by atoms with Gasteiger partial charge in [-0.05, 0) is 25.5 Å². The SMILES string of the molecule is CC.Cc1nnc2sc(C(=O)NCc3cccc(F)c3F)c(N)c2c1C. The third-order valence-electron chi connectivity index (χ3n) is 3.81. The van der Waals surface area contributed by atoms with Crippen molar-refractivity contribution in [2.45, 2.75) is 34.2 Å². The van der Waals surface area contributed by atoms with Crippen LogP contribution in [0.2, 0.25) is 0 Å². The van der Waals surface area contributed by atoms with E-state index in [1.165, 1.54) is 12.1 Å². The van der Waals surface area contributed by atoms with Gasteiger partial charge < -0.3 is 11.1 Å². The molecule has 26 heavy (non-hydrogen) atoms. The summed E-state index contributed by atoms with van der Waals surface area (Å²) in [5.41, 5.74) is 8.07. The smallest absolute Gasteiger partial charge is 0.263 e. The molecule has 0 saturated heterocycles. The summed E-state index contributed by atoms with van der Waals surface area (Å²) < 4.78 is 26.8. The Morgan fingerprint density at radius 3 is 2.62 bits per heavy atom.